The van der Waals surface area contributed by atoms with Crippen LogP contribution in [0.25, 0.3) is 0 Å². The third-order valence-corrected chi connectivity index (χ3v) is 18.0. The number of carbonyl (C=O) groups excluding carboxylic acids is 4. The Balaban J connectivity index is 5.40. The summed E-state index contributed by atoms with van der Waals surface area (Å²) in [4.78, 5) is 72.9. The highest BCUT2D eigenvalue weighted by Gasteiger charge is 2.30. The topological polar surface area (TPSA) is 237 Å². The zero-order valence-corrected chi connectivity index (χ0v) is 65.5. The summed E-state index contributed by atoms with van der Waals surface area (Å²) >= 11 is 0. The fraction of sp³-hybridized carbons (Fsp3) is 0.687. The molecule has 0 aromatic heterocycles. The summed E-state index contributed by atoms with van der Waals surface area (Å²) in [6.07, 6.45) is 83.1. The summed E-state index contributed by atoms with van der Waals surface area (Å²) in [6.45, 7) is 4.48. The average Bonchev–Trinajstić information content (AvgIpc) is 0.909. The zero-order valence-electron chi connectivity index (χ0n) is 63.7. The Labute approximate surface area is 618 Å². The summed E-state index contributed by atoms with van der Waals surface area (Å²) < 4.78 is 68.5. The number of aliphatic hydroxyl groups excluding tert-OH is 1. The van der Waals surface area contributed by atoms with Crippen LogP contribution in [0.15, 0.2) is 134 Å². The van der Waals surface area contributed by atoms with E-state index >= 15 is 0 Å². The van der Waals surface area contributed by atoms with E-state index in [0.717, 1.165) is 173 Å². The number of phosphoric ester groups is 2. The number of ether oxygens (including phenoxy) is 4. The van der Waals surface area contributed by atoms with Crippen LogP contribution in [0.5, 0.6) is 0 Å². The van der Waals surface area contributed by atoms with Gasteiger partial charge in [0, 0.05) is 25.7 Å². The molecule has 0 aliphatic heterocycles. The van der Waals surface area contributed by atoms with E-state index in [2.05, 4.69) is 143 Å². The second kappa shape index (κ2) is 74.5. The van der Waals surface area contributed by atoms with Gasteiger partial charge >= 0.3 is 39.5 Å². The number of carbonyl (C=O) groups is 4. The van der Waals surface area contributed by atoms with Crippen molar-refractivity contribution in [2.45, 2.75) is 329 Å². The zero-order chi connectivity index (χ0) is 74.6. The Morgan fingerprint density at radius 3 is 0.882 bits per heavy atom. The minimum absolute atomic E-state index is 0.0306. The van der Waals surface area contributed by atoms with Crippen LogP contribution in [0.4, 0.5) is 0 Å². The average molecular weight is 1470 g/mol. The fourth-order valence-electron chi connectivity index (χ4n) is 10.2. The fourth-order valence-corrected chi connectivity index (χ4v) is 11.8. The number of phosphoric acid groups is 2. The molecule has 0 spiro atoms. The third-order valence-electron chi connectivity index (χ3n) is 16.1. The number of unbranched alkanes of at least 4 members (excludes halogenated alkanes) is 25. The summed E-state index contributed by atoms with van der Waals surface area (Å²) in [5.74, 6) is -2.29. The van der Waals surface area contributed by atoms with Gasteiger partial charge in [0.15, 0.2) is 12.2 Å². The third kappa shape index (κ3) is 73.5. The molecular formula is C83H140O17P2. The van der Waals surface area contributed by atoms with Gasteiger partial charge in [0.1, 0.15) is 19.3 Å². The molecular weight excluding hydrogens is 1330 g/mol. The first-order valence-corrected chi connectivity index (χ1v) is 42.4. The number of hydrogen-bond donors (Lipinski definition) is 3. The Hall–Kier alpha value is -4.80. The minimum Gasteiger partial charge on any atom is -0.462 e. The van der Waals surface area contributed by atoms with Gasteiger partial charge in [0.2, 0.25) is 0 Å². The molecule has 0 radical (unpaired) electrons. The molecule has 0 amide bonds. The number of allylic oxidation sites excluding steroid dienone is 22. The lowest BCUT2D eigenvalue weighted by atomic mass is 10.0. The smallest absolute Gasteiger partial charge is 0.462 e. The number of rotatable bonds is 73. The minimum atomic E-state index is -5.00. The lowest BCUT2D eigenvalue weighted by molar-refractivity contribution is -0.161. The van der Waals surface area contributed by atoms with Gasteiger partial charge in [-0.15, -0.1) is 0 Å². The lowest BCUT2D eigenvalue weighted by Crippen LogP contribution is -2.30. The Kier molecular flexibility index (Phi) is 71.0. The van der Waals surface area contributed by atoms with Crippen LogP contribution in [0, 0.1) is 0 Å². The van der Waals surface area contributed by atoms with Gasteiger partial charge in [0.25, 0.3) is 0 Å². The first-order chi connectivity index (χ1) is 49.7. The molecule has 0 aromatic rings. The molecule has 0 saturated heterocycles. The van der Waals surface area contributed by atoms with Crippen LogP contribution in [0.2, 0.25) is 0 Å². The lowest BCUT2D eigenvalue weighted by Gasteiger charge is -2.21. The van der Waals surface area contributed by atoms with Crippen LogP contribution >= 0.6 is 15.6 Å². The largest absolute Gasteiger partial charge is 0.472 e. The van der Waals surface area contributed by atoms with Crippen molar-refractivity contribution in [3.8, 4) is 0 Å². The van der Waals surface area contributed by atoms with Crippen LogP contribution in [-0.2, 0) is 65.4 Å². The van der Waals surface area contributed by atoms with Gasteiger partial charge in [-0.2, -0.15) is 0 Å². The van der Waals surface area contributed by atoms with Crippen molar-refractivity contribution in [3.05, 3.63) is 134 Å². The van der Waals surface area contributed by atoms with E-state index in [-0.39, 0.29) is 25.7 Å². The molecule has 0 aliphatic rings. The van der Waals surface area contributed by atoms with E-state index in [1.807, 2.05) is 18.2 Å². The van der Waals surface area contributed by atoms with Crippen LogP contribution < -0.4 is 0 Å². The predicted molar refractivity (Wildman–Crippen MR) is 418 cm³/mol. The number of aliphatic hydroxyl groups is 1. The van der Waals surface area contributed by atoms with Crippen molar-refractivity contribution in [1.29, 1.82) is 0 Å². The maximum absolute atomic E-state index is 13.1. The molecule has 5 unspecified atom stereocenters. The molecule has 0 aliphatic carbocycles. The maximum Gasteiger partial charge on any atom is 0.472 e. The molecule has 0 bridgehead atoms. The van der Waals surface area contributed by atoms with E-state index in [1.165, 1.54) is 51.4 Å². The van der Waals surface area contributed by atoms with Crippen LogP contribution in [-0.4, -0.2) is 96.7 Å². The van der Waals surface area contributed by atoms with Crippen molar-refractivity contribution in [3.63, 3.8) is 0 Å². The van der Waals surface area contributed by atoms with Crippen molar-refractivity contribution < 1.29 is 80.2 Å². The number of hydrogen-bond acceptors (Lipinski definition) is 15. The summed E-state index contributed by atoms with van der Waals surface area (Å²) in [5, 5.41) is 10.6. The molecule has 3 N–H and O–H groups in total. The van der Waals surface area contributed by atoms with E-state index < -0.39 is 97.5 Å². The molecule has 102 heavy (non-hydrogen) atoms. The van der Waals surface area contributed by atoms with E-state index in [4.69, 9.17) is 37.0 Å². The molecule has 19 heteroatoms. The molecule has 584 valence electrons. The molecule has 0 heterocycles. The molecule has 0 aromatic carbocycles. The Bertz CT molecular complexity index is 2460. The van der Waals surface area contributed by atoms with Crippen LogP contribution in [0.1, 0.15) is 310 Å². The molecule has 0 saturated carbocycles. The van der Waals surface area contributed by atoms with Crippen molar-refractivity contribution in [2.75, 3.05) is 39.6 Å². The monoisotopic (exact) mass is 1470 g/mol. The van der Waals surface area contributed by atoms with E-state index in [9.17, 15) is 43.2 Å². The van der Waals surface area contributed by atoms with E-state index in [1.54, 1.807) is 0 Å². The molecule has 0 fully saturated rings. The van der Waals surface area contributed by atoms with Gasteiger partial charge in [0.05, 0.1) is 26.4 Å². The quantitative estimate of drug-likeness (QED) is 0.0169. The summed E-state index contributed by atoms with van der Waals surface area (Å²) in [6, 6.07) is 0. The molecule has 5 atom stereocenters. The highest BCUT2D eigenvalue weighted by molar-refractivity contribution is 7.47. The van der Waals surface area contributed by atoms with Gasteiger partial charge < -0.3 is 33.8 Å². The van der Waals surface area contributed by atoms with E-state index in [0.29, 0.717) is 32.1 Å². The molecule has 17 nitrogen and oxygen atoms in total. The first kappa shape index (κ1) is 97.2. The predicted octanol–water partition coefficient (Wildman–Crippen LogP) is 22.9. The highest BCUT2D eigenvalue weighted by Crippen LogP contribution is 2.45. The summed E-state index contributed by atoms with van der Waals surface area (Å²) in [5.41, 5.74) is 0. The van der Waals surface area contributed by atoms with Crippen molar-refractivity contribution >= 4 is 39.5 Å². The van der Waals surface area contributed by atoms with Gasteiger partial charge in [-0.25, -0.2) is 9.13 Å². The second-order valence-electron chi connectivity index (χ2n) is 25.9. The van der Waals surface area contributed by atoms with Crippen LogP contribution in [0.3, 0.4) is 0 Å². The maximum atomic E-state index is 13.1. The first-order valence-electron chi connectivity index (χ1n) is 39.4. The van der Waals surface area contributed by atoms with Crippen molar-refractivity contribution in [2.24, 2.45) is 0 Å². The Morgan fingerprint density at radius 1 is 0.284 bits per heavy atom. The van der Waals surface area contributed by atoms with Gasteiger partial charge in [-0.1, -0.05) is 296 Å². The molecule has 0 rings (SSSR count). The normalized spacial score (nSPS) is 14.6. The summed E-state index contributed by atoms with van der Waals surface area (Å²) in [7, 11) is -9.98. The highest BCUT2D eigenvalue weighted by atomic mass is 31.2. The second-order valence-corrected chi connectivity index (χ2v) is 28.8. The van der Waals surface area contributed by atoms with Gasteiger partial charge in [-0.05, 0) is 122 Å². The SMILES string of the molecule is CC/C=C\C/C=C\C/C=C\C/C=C\C/C=C\C/C=C\CCC(=O)OCC(COP(=O)(O)OCC(O)COP(=O)(O)OCC(COC(=O)CCCCCCCCC/C=C\C/C=C\C/C=C\CC)OC(=O)CCCCCCCCCCCCCCC)OC(=O)CCCCCCC/C=C\C/C=C\CCC. The van der Waals surface area contributed by atoms with Crippen molar-refractivity contribution in [1.82, 2.24) is 0 Å². The standard InChI is InChI=1S/C83H140O17P2/c1-5-9-13-17-21-25-29-33-35-37-38-40-42-46-48-52-56-60-64-68-81(86)94-74-79(100-83(88)70-66-62-58-54-50-44-32-28-24-20-16-12-8-4)76-98-102(91,92)96-72-77(84)71-95-101(89,90)97-75-78(99-82(87)69-65-61-57-53-49-43-31-27-23-19-15-11-7-3)73-93-80(85)67-63-59-55-51-47-45-41-39-36-34-30-26-22-18-14-10-6-2/h9-10,13-14,16,20-22,25-26,28,32-36,38,40,46,48,56,60,77-79,84H,5-8,11-12,15,17-19,23-24,27,29-31,37,39,41-45,47,49-55,57-59,61-76H2,1-4H3,(H,89,90)(H,91,92)/b13-9-,14-10-,20-16-,25-21-,26-22-,32-28-,35-33-,36-34-,40-38-,48-46-,60-56-. The number of esters is 4. The Morgan fingerprint density at radius 2 is 0.549 bits per heavy atom. The van der Waals surface area contributed by atoms with Gasteiger partial charge in [-0.3, -0.25) is 37.3 Å².